The van der Waals surface area contributed by atoms with E-state index in [9.17, 15) is 13.2 Å². The highest BCUT2D eigenvalue weighted by Crippen LogP contribution is 2.38. The van der Waals surface area contributed by atoms with Crippen LogP contribution < -0.4 is 5.43 Å². The van der Waals surface area contributed by atoms with Gasteiger partial charge in [0, 0.05) is 4.90 Å². The molecule has 0 spiro atoms. The van der Waals surface area contributed by atoms with Crippen LogP contribution in [0.4, 0.5) is 13.2 Å². The number of hydrogen-bond donors (Lipinski definition) is 1. The molecule has 0 aliphatic heterocycles. The molecule has 0 unspecified atom stereocenters. The van der Waals surface area contributed by atoms with Crippen LogP contribution >= 0.6 is 11.8 Å². The number of rotatable bonds is 4. The number of benzene rings is 1. The summed E-state index contributed by atoms with van der Waals surface area (Å²) >= 11 is -0.121. The van der Waals surface area contributed by atoms with E-state index in [1.807, 2.05) is 0 Å². The van der Waals surface area contributed by atoms with Crippen molar-refractivity contribution in [3.8, 4) is 0 Å². The summed E-state index contributed by atoms with van der Waals surface area (Å²) < 4.78 is 39.2. The average molecular weight is 325 g/mol. The van der Waals surface area contributed by atoms with E-state index in [0.29, 0.717) is 16.7 Å². The van der Waals surface area contributed by atoms with Crippen molar-refractivity contribution in [3.05, 3.63) is 48.7 Å². The van der Waals surface area contributed by atoms with Crippen molar-refractivity contribution in [2.24, 2.45) is 0 Å². The lowest BCUT2D eigenvalue weighted by molar-refractivity contribution is -0.0328. The van der Waals surface area contributed by atoms with Crippen LogP contribution in [0.3, 0.4) is 0 Å². The third-order valence-corrected chi connectivity index (χ3v) is 3.72. The molecule has 0 bridgehead atoms. The normalized spacial score (nSPS) is 11.8. The minimum atomic E-state index is -4.31. The molecular formula is C13H10F3N5S. The van der Waals surface area contributed by atoms with Gasteiger partial charge in [0.25, 0.3) is 0 Å². The second-order valence-electron chi connectivity index (χ2n) is 4.34. The van der Waals surface area contributed by atoms with Gasteiger partial charge in [0.1, 0.15) is 18.2 Å². The lowest BCUT2D eigenvalue weighted by Gasteiger charge is -2.13. The number of nitrogens with zero attached hydrogens (tertiary/aromatic N) is 4. The molecule has 2 heterocycles. The summed E-state index contributed by atoms with van der Waals surface area (Å²) in [5, 5.41) is 0. The molecule has 114 valence electrons. The predicted molar refractivity (Wildman–Crippen MR) is 76.7 cm³/mol. The first-order chi connectivity index (χ1) is 10.5. The summed E-state index contributed by atoms with van der Waals surface area (Å²) in [6.07, 6.45) is 4.48. The molecule has 0 saturated heterocycles. The van der Waals surface area contributed by atoms with E-state index in [1.165, 1.54) is 18.7 Å². The molecule has 3 rings (SSSR count). The van der Waals surface area contributed by atoms with Crippen molar-refractivity contribution in [3.63, 3.8) is 0 Å². The molecule has 0 atom stereocenters. The van der Waals surface area contributed by atoms with Crippen molar-refractivity contribution in [1.29, 1.82) is 0 Å². The Morgan fingerprint density at radius 3 is 2.82 bits per heavy atom. The maximum Gasteiger partial charge on any atom is 0.446 e. The van der Waals surface area contributed by atoms with Gasteiger partial charge in [-0.2, -0.15) is 13.2 Å². The van der Waals surface area contributed by atoms with Crippen LogP contribution in [0.5, 0.6) is 0 Å². The fourth-order valence-electron chi connectivity index (χ4n) is 1.93. The predicted octanol–water partition coefficient (Wildman–Crippen LogP) is 3.18. The third-order valence-electron chi connectivity index (χ3n) is 2.87. The Kier molecular flexibility index (Phi) is 3.88. The number of nitrogens with one attached hydrogen (secondary N) is 1. The smallest absolute Gasteiger partial charge is 0.320 e. The molecule has 0 aliphatic carbocycles. The van der Waals surface area contributed by atoms with Gasteiger partial charge in [0.15, 0.2) is 5.65 Å². The maximum atomic E-state index is 12.6. The van der Waals surface area contributed by atoms with Crippen LogP contribution in [0.2, 0.25) is 0 Å². The Hall–Kier alpha value is -2.29. The Morgan fingerprint density at radius 2 is 2.00 bits per heavy atom. The first-order valence-corrected chi connectivity index (χ1v) is 7.05. The molecule has 2 aromatic heterocycles. The number of halogens is 3. The van der Waals surface area contributed by atoms with Crippen LogP contribution in [0.25, 0.3) is 11.2 Å². The highest BCUT2D eigenvalue weighted by Gasteiger charge is 2.30. The molecule has 9 heteroatoms. The first kappa shape index (κ1) is 14.6. The summed E-state index contributed by atoms with van der Waals surface area (Å²) in [6, 6.07) is 6.38. The molecule has 0 aliphatic rings. The van der Waals surface area contributed by atoms with E-state index in [-0.39, 0.29) is 23.2 Å². The van der Waals surface area contributed by atoms with Crippen LogP contribution in [-0.4, -0.2) is 25.1 Å². The molecule has 1 aromatic carbocycles. The molecule has 0 fully saturated rings. The van der Waals surface area contributed by atoms with Gasteiger partial charge in [0.2, 0.25) is 0 Å². The van der Waals surface area contributed by atoms with Gasteiger partial charge in [0.05, 0.1) is 12.7 Å². The standard InChI is InChI=1S/C13H10F3N5S/c14-13(15,16)22-11-4-2-1-3-9(11)5-20-21-8-19-12-10(21)6-17-7-18-12/h1-4,6-8,20H,5H2. The van der Waals surface area contributed by atoms with Gasteiger partial charge in [-0.25, -0.2) is 19.6 Å². The monoisotopic (exact) mass is 325 g/mol. The summed E-state index contributed by atoms with van der Waals surface area (Å²) in [7, 11) is 0. The van der Waals surface area contributed by atoms with Gasteiger partial charge in [-0.1, -0.05) is 18.2 Å². The van der Waals surface area contributed by atoms with E-state index in [0.717, 1.165) is 0 Å². The van der Waals surface area contributed by atoms with Gasteiger partial charge >= 0.3 is 5.51 Å². The number of alkyl halides is 3. The molecule has 5 nitrogen and oxygen atoms in total. The minimum Gasteiger partial charge on any atom is -0.320 e. The highest BCUT2D eigenvalue weighted by molar-refractivity contribution is 8.00. The zero-order valence-corrected chi connectivity index (χ0v) is 11.9. The van der Waals surface area contributed by atoms with Gasteiger partial charge in [-0.3, -0.25) is 0 Å². The molecule has 1 N–H and O–H groups in total. The SMILES string of the molecule is FC(F)(F)Sc1ccccc1CNn1cnc2ncncc21. The van der Waals surface area contributed by atoms with Gasteiger partial charge in [-0.05, 0) is 23.4 Å². The summed E-state index contributed by atoms with van der Waals surface area (Å²) in [4.78, 5) is 12.1. The highest BCUT2D eigenvalue weighted by atomic mass is 32.2. The number of aromatic nitrogens is 4. The topological polar surface area (TPSA) is 55.6 Å². The van der Waals surface area contributed by atoms with Crippen LogP contribution in [0, 0.1) is 0 Å². The number of fused-ring (bicyclic) bond motifs is 1. The molecule has 0 saturated carbocycles. The quantitative estimate of drug-likeness (QED) is 0.747. The zero-order valence-electron chi connectivity index (χ0n) is 11.1. The zero-order chi connectivity index (χ0) is 15.6. The number of imidazole rings is 1. The molecule has 22 heavy (non-hydrogen) atoms. The largest absolute Gasteiger partial charge is 0.446 e. The van der Waals surface area contributed by atoms with Crippen LogP contribution in [-0.2, 0) is 6.54 Å². The molecule has 0 amide bonds. The van der Waals surface area contributed by atoms with Crippen LogP contribution in [0.1, 0.15) is 5.56 Å². The Balaban J connectivity index is 1.79. The van der Waals surface area contributed by atoms with E-state index in [2.05, 4.69) is 20.4 Å². The van der Waals surface area contributed by atoms with Gasteiger partial charge < -0.3 is 5.43 Å². The van der Waals surface area contributed by atoms with Crippen molar-refractivity contribution < 1.29 is 13.2 Å². The molecule has 3 aromatic rings. The second kappa shape index (κ2) is 5.84. The van der Waals surface area contributed by atoms with E-state index in [1.54, 1.807) is 29.1 Å². The number of thioether (sulfide) groups is 1. The fraction of sp³-hybridized carbons (Fsp3) is 0.154. The lowest BCUT2D eigenvalue weighted by atomic mass is 10.2. The van der Waals surface area contributed by atoms with Crippen LogP contribution in [0.15, 0.2) is 48.0 Å². The van der Waals surface area contributed by atoms with Crippen molar-refractivity contribution >= 4 is 22.9 Å². The van der Waals surface area contributed by atoms with Crippen molar-refractivity contribution in [1.82, 2.24) is 19.6 Å². The van der Waals surface area contributed by atoms with Gasteiger partial charge in [-0.15, -0.1) is 0 Å². The Labute approximate surface area is 127 Å². The summed E-state index contributed by atoms with van der Waals surface area (Å²) in [5.74, 6) is 0. The first-order valence-electron chi connectivity index (χ1n) is 6.23. The van der Waals surface area contributed by atoms with E-state index >= 15 is 0 Å². The molecular weight excluding hydrogens is 315 g/mol. The third kappa shape index (κ3) is 3.30. The Bertz CT molecular complexity index is 786. The van der Waals surface area contributed by atoms with Crippen molar-refractivity contribution in [2.45, 2.75) is 16.9 Å². The minimum absolute atomic E-state index is 0.121. The molecule has 0 radical (unpaired) electrons. The fourth-order valence-corrected chi connectivity index (χ4v) is 2.60. The van der Waals surface area contributed by atoms with E-state index < -0.39 is 5.51 Å². The Morgan fingerprint density at radius 1 is 1.18 bits per heavy atom. The summed E-state index contributed by atoms with van der Waals surface area (Å²) in [5.41, 5.74) is 0.405. The average Bonchev–Trinajstić information content (AvgIpc) is 2.88. The van der Waals surface area contributed by atoms with Crippen molar-refractivity contribution in [2.75, 3.05) is 5.43 Å². The number of hydrogen-bond acceptors (Lipinski definition) is 5. The lowest BCUT2D eigenvalue weighted by Crippen LogP contribution is -2.14. The maximum absolute atomic E-state index is 12.6. The van der Waals surface area contributed by atoms with E-state index in [4.69, 9.17) is 0 Å². The summed E-state index contributed by atoms with van der Waals surface area (Å²) in [6.45, 7) is 0.222. The second-order valence-corrected chi connectivity index (χ2v) is 5.44.